The number of nitrogens with zero attached hydrogens (tertiary/aromatic N) is 2. The molecule has 1 aliphatic heterocycles. The van der Waals surface area contributed by atoms with E-state index < -0.39 is 12.0 Å². The Morgan fingerprint density at radius 3 is 2.73 bits per heavy atom. The molecule has 1 aliphatic rings. The Morgan fingerprint density at radius 1 is 1.30 bits per heavy atom. The Labute approximate surface area is 207 Å². The molecular formula is C24H20BrClN2O4S. The van der Waals surface area contributed by atoms with Crippen LogP contribution in [-0.4, -0.2) is 24.3 Å². The molecule has 1 atom stereocenters. The van der Waals surface area contributed by atoms with Gasteiger partial charge < -0.3 is 9.47 Å². The SMILES string of the molecule is CCOC(=O)C1=C(C)N=c2s/c(=C/c3ccc(OC)c(Br)c3)c(=O)n2C1c1ccccc1Cl. The molecule has 2 aromatic carbocycles. The molecule has 6 nitrogen and oxygen atoms in total. The molecule has 0 saturated carbocycles. The van der Waals surface area contributed by atoms with Crippen LogP contribution in [0.25, 0.3) is 6.08 Å². The summed E-state index contributed by atoms with van der Waals surface area (Å²) in [6.45, 7) is 3.69. The first-order valence-electron chi connectivity index (χ1n) is 10.1. The number of methoxy groups -OCH3 is 1. The van der Waals surface area contributed by atoms with Gasteiger partial charge in [0.2, 0.25) is 0 Å². The Morgan fingerprint density at radius 2 is 2.06 bits per heavy atom. The van der Waals surface area contributed by atoms with Gasteiger partial charge in [0.15, 0.2) is 4.80 Å². The predicted molar refractivity (Wildman–Crippen MR) is 133 cm³/mol. The summed E-state index contributed by atoms with van der Waals surface area (Å²) in [7, 11) is 1.59. The van der Waals surface area contributed by atoms with Crippen molar-refractivity contribution in [3.05, 3.63) is 94.0 Å². The van der Waals surface area contributed by atoms with Crippen LogP contribution in [0, 0.1) is 0 Å². The number of allylic oxidation sites excluding steroid dienone is 1. The minimum Gasteiger partial charge on any atom is -0.496 e. The Kier molecular flexibility index (Phi) is 6.88. The molecule has 0 aliphatic carbocycles. The molecule has 0 bridgehead atoms. The number of halogens is 2. The van der Waals surface area contributed by atoms with Gasteiger partial charge >= 0.3 is 5.97 Å². The predicted octanol–water partition coefficient (Wildman–Crippen LogP) is 4.22. The second-order valence-electron chi connectivity index (χ2n) is 7.22. The quantitative estimate of drug-likeness (QED) is 0.449. The molecule has 0 N–H and O–H groups in total. The van der Waals surface area contributed by atoms with E-state index in [-0.39, 0.29) is 12.2 Å². The fraction of sp³-hybridized carbons (Fsp3) is 0.208. The van der Waals surface area contributed by atoms with Gasteiger partial charge in [-0.3, -0.25) is 9.36 Å². The highest BCUT2D eigenvalue weighted by Gasteiger charge is 2.34. The Balaban J connectivity index is 1.95. The number of ether oxygens (including phenoxy) is 2. The summed E-state index contributed by atoms with van der Waals surface area (Å²) in [5.74, 6) is 0.180. The molecule has 0 radical (unpaired) electrons. The number of esters is 1. The molecular weight excluding hydrogens is 528 g/mol. The molecule has 33 heavy (non-hydrogen) atoms. The molecule has 1 unspecified atom stereocenters. The molecule has 0 fully saturated rings. The fourth-order valence-electron chi connectivity index (χ4n) is 3.71. The number of rotatable bonds is 5. The lowest BCUT2D eigenvalue weighted by Gasteiger charge is -2.25. The van der Waals surface area contributed by atoms with Crippen molar-refractivity contribution >= 4 is 50.9 Å². The van der Waals surface area contributed by atoms with Crippen molar-refractivity contribution in [1.82, 2.24) is 4.57 Å². The smallest absolute Gasteiger partial charge is 0.338 e. The number of fused-ring (bicyclic) bond motifs is 1. The number of hydrogen-bond donors (Lipinski definition) is 0. The van der Waals surface area contributed by atoms with Gasteiger partial charge in [-0.2, -0.15) is 0 Å². The zero-order valence-electron chi connectivity index (χ0n) is 18.1. The van der Waals surface area contributed by atoms with Crippen LogP contribution in [0.2, 0.25) is 5.02 Å². The van der Waals surface area contributed by atoms with Crippen molar-refractivity contribution in [1.29, 1.82) is 0 Å². The van der Waals surface area contributed by atoms with Crippen molar-refractivity contribution in [3.63, 3.8) is 0 Å². The van der Waals surface area contributed by atoms with Gasteiger partial charge in [0.1, 0.15) is 11.8 Å². The van der Waals surface area contributed by atoms with Crippen LogP contribution in [0.5, 0.6) is 5.75 Å². The van der Waals surface area contributed by atoms with Gasteiger partial charge in [-0.1, -0.05) is 47.2 Å². The largest absolute Gasteiger partial charge is 0.496 e. The van der Waals surface area contributed by atoms with E-state index in [1.165, 1.54) is 15.9 Å². The molecule has 0 amide bonds. The van der Waals surface area contributed by atoms with Crippen molar-refractivity contribution in [3.8, 4) is 5.75 Å². The maximum atomic E-state index is 13.6. The second-order valence-corrected chi connectivity index (χ2v) is 9.49. The number of hydrogen-bond acceptors (Lipinski definition) is 6. The highest BCUT2D eigenvalue weighted by Crippen LogP contribution is 2.34. The van der Waals surface area contributed by atoms with Crippen molar-refractivity contribution in [2.75, 3.05) is 13.7 Å². The molecule has 0 spiro atoms. The summed E-state index contributed by atoms with van der Waals surface area (Å²) >= 11 is 11.2. The maximum Gasteiger partial charge on any atom is 0.338 e. The van der Waals surface area contributed by atoms with E-state index >= 15 is 0 Å². The maximum absolute atomic E-state index is 13.6. The highest BCUT2D eigenvalue weighted by molar-refractivity contribution is 9.10. The van der Waals surface area contributed by atoms with E-state index in [1.54, 1.807) is 39.2 Å². The van der Waals surface area contributed by atoms with Crippen LogP contribution < -0.4 is 19.6 Å². The normalized spacial score (nSPS) is 15.8. The van der Waals surface area contributed by atoms with Gasteiger partial charge in [-0.05, 0) is 65.2 Å². The molecule has 4 rings (SSSR count). The van der Waals surface area contributed by atoms with Gasteiger partial charge in [0.25, 0.3) is 5.56 Å². The van der Waals surface area contributed by atoms with Crippen LogP contribution in [0.1, 0.15) is 31.0 Å². The molecule has 2 heterocycles. The molecule has 9 heteroatoms. The molecule has 1 aromatic heterocycles. The summed E-state index contributed by atoms with van der Waals surface area (Å²) in [5, 5.41) is 0.452. The summed E-state index contributed by atoms with van der Waals surface area (Å²) in [5.41, 5.74) is 2.00. The number of thiazole rings is 1. The van der Waals surface area contributed by atoms with E-state index in [1.807, 2.05) is 30.3 Å². The number of carbonyl (C=O) groups is 1. The van der Waals surface area contributed by atoms with E-state index in [2.05, 4.69) is 20.9 Å². The lowest BCUT2D eigenvalue weighted by molar-refractivity contribution is -0.139. The zero-order chi connectivity index (χ0) is 23.7. The van der Waals surface area contributed by atoms with Crippen molar-refractivity contribution < 1.29 is 14.3 Å². The Bertz CT molecular complexity index is 1460. The average Bonchev–Trinajstić information content (AvgIpc) is 3.08. The van der Waals surface area contributed by atoms with E-state index in [4.69, 9.17) is 21.1 Å². The third-order valence-electron chi connectivity index (χ3n) is 5.19. The van der Waals surface area contributed by atoms with Gasteiger partial charge in [0, 0.05) is 5.02 Å². The van der Waals surface area contributed by atoms with Gasteiger partial charge in [0.05, 0.1) is 34.0 Å². The van der Waals surface area contributed by atoms with Crippen molar-refractivity contribution in [2.45, 2.75) is 19.9 Å². The van der Waals surface area contributed by atoms with E-state index in [0.29, 0.717) is 36.9 Å². The Hall–Kier alpha value is -2.68. The first-order valence-corrected chi connectivity index (χ1v) is 12.1. The first-order chi connectivity index (χ1) is 15.8. The lowest BCUT2D eigenvalue weighted by atomic mass is 9.96. The van der Waals surface area contributed by atoms with Crippen LogP contribution in [0.15, 0.2) is 68.0 Å². The number of benzene rings is 2. The van der Waals surface area contributed by atoms with E-state index in [0.717, 1.165) is 10.0 Å². The number of aromatic nitrogens is 1. The summed E-state index contributed by atoms with van der Waals surface area (Å²) in [6.07, 6.45) is 1.79. The molecule has 3 aromatic rings. The minimum atomic E-state index is -0.737. The molecule has 0 saturated heterocycles. The van der Waals surface area contributed by atoms with Gasteiger partial charge in [-0.25, -0.2) is 9.79 Å². The third-order valence-corrected chi connectivity index (χ3v) is 7.14. The van der Waals surface area contributed by atoms with Crippen LogP contribution >= 0.6 is 38.9 Å². The average molecular weight is 548 g/mol. The monoisotopic (exact) mass is 546 g/mol. The second kappa shape index (κ2) is 9.67. The topological polar surface area (TPSA) is 69.9 Å². The fourth-order valence-corrected chi connectivity index (χ4v) is 5.55. The zero-order valence-corrected chi connectivity index (χ0v) is 21.3. The van der Waals surface area contributed by atoms with Crippen LogP contribution in [0.4, 0.5) is 0 Å². The lowest BCUT2D eigenvalue weighted by Crippen LogP contribution is -2.40. The first kappa shape index (κ1) is 23.5. The third kappa shape index (κ3) is 4.43. The van der Waals surface area contributed by atoms with Crippen LogP contribution in [0.3, 0.4) is 0 Å². The van der Waals surface area contributed by atoms with E-state index in [9.17, 15) is 9.59 Å². The number of carbonyl (C=O) groups excluding carboxylic acids is 1. The van der Waals surface area contributed by atoms with Crippen LogP contribution in [-0.2, 0) is 9.53 Å². The minimum absolute atomic E-state index is 0.210. The van der Waals surface area contributed by atoms with Crippen molar-refractivity contribution in [2.24, 2.45) is 4.99 Å². The highest BCUT2D eigenvalue weighted by atomic mass is 79.9. The summed E-state index contributed by atoms with van der Waals surface area (Å²) in [6, 6.07) is 12.0. The molecule has 170 valence electrons. The standard InChI is InChI=1S/C24H20BrClN2O4S/c1-4-32-23(30)20-13(2)27-24-28(21(20)15-7-5-6-8-17(15)26)22(29)19(33-24)12-14-9-10-18(31-3)16(25)11-14/h5-12,21H,4H2,1-3H3/b19-12+. The van der Waals surface area contributed by atoms with Gasteiger partial charge in [-0.15, -0.1) is 0 Å². The summed E-state index contributed by atoms with van der Waals surface area (Å²) in [4.78, 5) is 31.5. The summed E-state index contributed by atoms with van der Waals surface area (Å²) < 4.78 is 13.4.